The fraction of sp³-hybridized carbons (Fsp3) is 0.923. The largest absolute Gasteiger partial charge is 0.352 e. The Labute approximate surface area is 104 Å². The number of amides is 1. The molecule has 2 aliphatic rings. The van der Waals surface area contributed by atoms with E-state index in [0.29, 0.717) is 12.1 Å². The number of carbonyl (C=O) groups excluding carboxylic acids is 1. The van der Waals surface area contributed by atoms with E-state index >= 15 is 0 Å². The van der Waals surface area contributed by atoms with Crippen molar-refractivity contribution in [3.05, 3.63) is 0 Å². The molecule has 3 atom stereocenters. The van der Waals surface area contributed by atoms with Crippen LogP contribution in [0.25, 0.3) is 0 Å². The lowest BCUT2D eigenvalue weighted by molar-refractivity contribution is -0.127. The average molecular weight is 239 g/mol. The number of rotatable bonds is 2. The Kier molecular flexibility index (Phi) is 4.40. The van der Waals surface area contributed by atoms with Crippen molar-refractivity contribution in [2.75, 3.05) is 26.7 Å². The second-order valence-electron chi connectivity index (χ2n) is 5.69. The number of nitrogens with one attached hydrogen (secondary N) is 2. The van der Waals surface area contributed by atoms with E-state index in [4.69, 9.17) is 0 Å². The van der Waals surface area contributed by atoms with Crippen molar-refractivity contribution in [2.45, 2.75) is 44.7 Å². The summed E-state index contributed by atoms with van der Waals surface area (Å²) in [5.41, 5.74) is 0. The Morgan fingerprint density at radius 1 is 1.41 bits per heavy atom. The van der Waals surface area contributed by atoms with Crippen LogP contribution in [-0.4, -0.2) is 49.6 Å². The van der Waals surface area contributed by atoms with E-state index in [2.05, 4.69) is 29.5 Å². The molecule has 0 aromatic heterocycles. The summed E-state index contributed by atoms with van der Waals surface area (Å²) in [6.07, 6.45) is 4.30. The predicted molar refractivity (Wildman–Crippen MR) is 68.9 cm³/mol. The molecular weight excluding hydrogens is 214 g/mol. The van der Waals surface area contributed by atoms with Gasteiger partial charge in [0.05, 0.1) is 0 Å². The molecule has 2 N–H and O–H groups in total. The Morgan fingerprint density at radius 3 is 2.94 bits per heavy atom. The van der Waals surface area contributed by atoms with Gasteiger partial charge in [0.2, 0.25) is 5.91 Å². The van der Waals surface area contributed by atoms with Crippen molar-refractivity contribution in [3.63, 3.8) is 0 Å². The van der Waals surface area contributed by atoms with Crippen LogP contribution < -0.4 is 10.6 Å². The van der Waals surface area contributed by atoms with Crippen molar-refractivity contribution in [3.8, 4) is 0 Å². The number of nitrogens with zero attached hydrogens (tertiary/aromatic N) is 1. The predicted octanol–water partition coefficient (Wildman–Crippen LogP) is 0.585. The fourth-order valence-corrected chi connectivity index (χ4v) is 2.97. The van der Waals surface area contributed by atoms with Crippen molar-refractivity contribution in [2.24, 2.45) is 5.92 Å². The molecule has 0 bridgehead atoms. The highest BCUT2D eigenvalue weighted by Crippen LogP contribution is 2.17. The lowest BCUT2D eigenvalue weighted by Crippen LogP contribution is -2.50. The maximum atomic E-state index is 12.2. The SMILES string of the molecule is CC1CC(C(=O)NC2CCCN(C)C2)CCN1. The van der Waals surface area contributed by atoms with Crippen molar-refractivity contribution in [1.29, 1.82) is 0 Å². The second-order valence-corrected chi connectivity index (χ2v) is 5.69. The zero-order valence-corrected chi connectivity index (χ0v) is 11.0. The van der Waals surface area contributed by atoms with Crippen LogP contribution in [0.15, 0.2) is 0 Å². The van der Waals surface area contributed by atoms with Crippen LogP contribution in [-0.2, 0) is 4.79 Å². The molecule has 2 fully saturated rings. The van der Waals surface area contributed by atoms with Crippen LogP contribution in [0.1, 0.15) is 32.6 Å². The Bertz CT molecular complexity index is 269. The van der Waals surface area contributed by atoms with Gasteiger partial charge in [-0.1, -0.05) is 0 Å². The van der Waals surface area contributed by atoms with Crippen molar-refractivity contribution < 1.29 is 4.79 Å². The van der Waals surface area contributed by atoms with E-state index in [1.807, 2.05) is 0 Å². The van der Waals surface area contributed by atoms with Gasteiger partial charge < -0.3 is 15.5 Å². The normalized spacial score (nSPS) is 35.5. The molecule has 0 aliphatic carbocycles. The number of likely N-dealkylation sites (N-methyl/N-ethyl adjacent to an activating group) is 1. The molecular formula is C13H25N3O. The van der Waals surface area contributed by atoms with E-state index in [9.17, 15) is 4.79 Å². The van der Waals surface area contributed by atoms with Gasteiger partial charge in [-0.05, 0) is 52.7 Å². The van der Waals surface area contributed by atoms with E-state index in [1.54, 1.807) is 0 Å². The number of hydrogen-bond donors (Lipinski definition) is 2. The fourth-order valence-electron chi connectivity index (χ4n) is 2.97. The van der Waals surface area contributed by atoms with Crippen LogP contribution in [0.4, 0.5) is 0 Å². The molecule has 4 heteroatoms. The molecule has 4 nitrogen and oxygen atoms in total. The first-order chi connectivity index (χ1) is 8.15. The van der Waals surface area contributed by atoms with Crippen LogP contribution in [0.2, 0.25) is 0 Å². The third-order valence-electron chi connectivity index (χ3n) is 3.97. The van der Waals surface area contributed by atoms with E-state index in [1.165, 1.54) is 6.42 Å². The average Bonchev–Trinajstić information content (AvgIpc) is 2.29. The molecule has 2 aliphatic heterocycles. The van der Waals surface area contributed by atoms with Crippen LogP contribution >= 0.6 is 0 Å². The quantitative estimate of drug-likeness (QED) is 0.741. The molecule has 2 saturated heterocycles. The van der Waals surface area contributed by atoms with Gasteiger partial charge in [-0.15, -0.1) is 0 Å². The first kappa shape index (κ1) is 12.8. The van der Waals surface area contributed by atoms with Crippen LogP contribution in [0.5, 0.6) is 0 Å². The summed E-state index contributed by atoms with van der Waals surface area (Å²) in [6, 6.07) is 0.847. The Hall–Kier alpha value is -0.610. The maximum absolute atomic E-state index is 12.2. The molecule has 98 valence electrons. The molecule has 1 amide bonds. The summed E-state index contributed by atoms with van der Waals surface area (Å²) in [6.45, 7) is 5.31. The summed E-state index contributed by atoms with van der Waals surface area (Å²) >= 11 is 0. The topological polar surface area (TPSA) is 44.4 Å². The van der Waals surface area contributed by atoms with Crippen molar-refractivity contribution in [1.82, 2.24) is 15.5 Å². The molecule has 2 heterocycles. The van der Waals surface area contributed by atoms with Gasteiger partial charge in [-0.2, -0.15) is 0 Å². The zero-order valence-electron chi connectivity index (χ0n) is 11.0. The number of likely N-dealkylation sites (tertiary alicyclic amines) is 1. The second kappa shape index (κ2) is 5.83. The molecule has 0 saturated carbocycles. The number of carbonyl (C=O) groups is 1. The van der Waals surface area contributed by atoms with E-state index in [0.717, 1.165) is 38.9 Å². The van der Waals surface area contributed by atoms with Gasteiger partial charge in [-0.3, -0.25) is 4.79 Å². The van der Waals surface area contributed by atoms with Gasteiger partial charge in [0.15, 0.2) is 0 Å². The molecule has 3 unspecified atom stereocenters. The summed E-state index contributed by atoms with van der Waals surface area (Å²) in [7, 11) is 2.13. The van der Waals surface area contributed by atoms with Crippen molar-refractivity contribution >= 4 is 5.91 Å². The first-order valence-corrected chi connectivity index (χ1v) is 6.87. The van der Waals surface area contributed by atoms with Gasteiger partial charge in [0.25, 0.3) is 0 Å². The third kappa shape index (κ3) is 3.68. The summed E-state index contributed by atoms with van der Waals surface area (Å²) in [5, 5.41) is 6.62. The summed E-state index contributed by atoms with van der Waals surface area (Å²) < 4.78 is 0. The molecule has 0 spiro atoms. The third-order valence-corrected chi connectivity index (χ3v) is 3.97. The zero-order chi connectivity index (χ0) is 12.3. The Morgan fingerprint density at radius 2 is 2.24 bits per heavy atom. The minimum absolute atomic E-state index is 0.221. The molecule has 0 aromatic rings. The monoisotopic (exact) mass is 239 g/mol. The molecule has 17 heavy (non-hydrogen) atoms. The van der Waals surface area contributed by atoms with Crippen LogP contribution in [0, 0.1) is 5.92 Å². The minimum atomic E-state index is 0.221. The maximum Gasteiger partial charge on any atom is 0.223 e. The highest BCUT2D eigenvalue weighted by atomic mass is 16.2. The van der Waals surface area contributed by atoms with Gasteiger partial charge in [0, 0.05) is 24.5 Å². The Balaban J connectivity index is 1.79. The van der Waals surface area contributed by atoms with E-state index < -0.39 is 0 Å². The van der Waals surface area contributed by atoms with Crippen LogP contribution in [0.3, 0.4) is 0 Å². The lowest BCUT2D eigenvalue weighted by atomic mass is 9.92. The lowest BCUT2D eigenvalue weighted by Gasteiger charge is -2.33. The van der Waals surface area contributed by atoms with E-state index in [-0.39, 0.29) is 11.8 Å². The minimum Gasteiger partial charge on any atom is -0.352 e. The summed E-state index contributed by atoms with van der Waals surface area (Å²) in [4.78, 5) is 14.5. The number of hydrogen-bond acceptors (Lipinski definition) is 3. The highest BCUT2D eigenvalue weighted by Gasteiger charge is 2.27. The highest BCUT2D eigenvalue weighted by molar-refractivity contribution is 5.79. The molecule has 0 aromatic carbocycles. The smallest absolute Gasteiger partial charge is 0.223 e. The van der Waals surface area contributed by atoms with Gasteiger partial charge in [-0.25, -0.2) is 0 Å². The van der Waals surface area contributed by atoms with Gasteiger partial charge >= 0.3 is 0 Å². The standard InChI is InChI=1S/C13H25N3O/c1-10-8-11(5-6-14-10)13(17)15-12-4-3-7-16(2)9-12/h10-12,14H,3-9H2,1-2H3,(H,15,17). The molecule has 2 rings (SSSR count). The van der Waals surface area contributed by atoms with Gasteiger partial charge in [0.1, 0.15) is 0 Å². The first-order valence-electron chi connectivity index (χ1n) is 6.87. The molecule has 0 radical (unpaired) electrons. The summed E-state index contributed by atoms with van der Waals surface area (Å²) in [5.74, 6) is 0.497. The number of piperidine rings is 2.